The molecule has 21 heavy (non-hydrogen) atoms. The van der Waals surface area contributed by atoms with Gasteiger partial charge in [0.25, 0.3) is 10.0 Å². The molecule has 0 atom stereocenters. The van der Waals surface area contributed by atoms with Crippen LogP contribution in [-0.4, -0.2) is 15.5 Å². The molecule has 0 spiro atoms. The average molecular weight is 373 g/mol. The molecule has 1 aromatic heterocycles. The first-order valence-corrected chi connectivity index (χ1v) is 8.54. The summed E-state index contributed by atoms with van der Waals surface area (Å²) in [5, 5.41) is 0. The average Bonchev–Trinajstić information content (AvgIpc) is 2.78. The number of aryl methyl sites for hydroxylation is 2. The minimum Gasteiger partial charge on any atom is -0.452 e. The number of rotatable bonds is 4. The summed E-state index contributed by atoms with van der Waals surface area (Å²) < 4.78 is 32.1. The second kappa shape index (κ2) is 5.82. The van der Waals surface area contributed by atoms with Crippen LogP contribution in [0.25, 0.3) is 0 Å². The number of halogens is 1. The van der Waals surface area contributed by atoms with Crippen molar-refractivity contribution in [2.45, 2.75) is 25.3 Å². The first-order valence-electron chi connectivity index (χ1n) is 6.31. The quantitative estimate of drug-likeness (QED) is 0.894. The molecule has 5 nitrogen and oxygen atoms in total. The van der Waals surface area contributed by atoms with Crippen LogP contribution < -0.4 is 10.0 Å². The van der Waals surface area contributed by atoms with Crippen molar-refractivity contribution in [3.63, 3.8) is 0 Å². The SMILES string of the molecule is Cc1cc(C)cc(N(C)S(=O)(=O)c2cc(CN)oc2Br)c1. The van der Waals surface area contributed by atoms with E-state index in [0.717, 1.165) is 11.1 Å². The molecule has 2 aromatic rings. The van der Waals surface area contributed by atoms with E-state index in [0.29, 0.717) is 11.4 Å². The van der Waals surface area contributed by atoms with E-state index in [-0.39, 0.29) is 16.1 Å². The normalized spacial score (nSPS) is 11.7. The smallest absolute Gasteiger partial charge is 0.268 e. The maximum absolute atomic E-state index is 12.7. The van der Waals surface area contributed by atoms with Gasteiger partial charge < -0.3 is 10.2 Å². The number of nitrogens with two attached hydrogens (primary N) is 1. The monoisotopic (exact) mass is 372 g/mol. The second-order valence-electron chi connectivity index (χ2n) is 4.87. The maximum atomic E-state index is 12.7. The van der Waals surface area contributed by atoms with Gasteiger partial charge in [-0.05, 0) is 53.0 Å². The van der Waals surface area contributed by atoms with Gasteiger partial charge in [-0.15, -0.1) is 0 Å². The van der Waals surface area contributed by atoms with Crippen molar-refractivity contribution >= 4 is 31.6 Å². The zero-order valence-electron chi connectivity index (χ0n) is 12.1. The van der Waals surface area contributed by atoms with Crippen molar-refractivity contribution in [3.05, 3.63) is 45.8 Å². The van der Waals surface area contributed by atoms with Gasteiger partial charge in [-0.1, -0.05) is 6.07 Å². The zero-order valence-corrected chi connectivity index (χ0v) is 14.5. The molecule has 2 rings (SSSR count). The number of benzene rings is 1. The van der Waals surface area contributed by atoms with Crippen molar-refractivity contribution in [1.82, 2.24) is 0 Å². The molecular weight excluding hydrogens is 356 g/mol. The van der Waals surface area contributed by atoms with E-state index >= 15 is 0 Å². The molecule has 0 aliphatic heterocycles. The van der Waals surface area contributed by atoms with E-state index in [9.17, 15) is 8.42 Å². The van der Waals surface area contributed by atoms with Gasteiger partial charge in [0.15, 0.2) is 4.67 Å². The summed E-state index contributed by atoms with van der Waals surface area (Å²) in [6.07, 6.45) is 0. The Hall–Kier alpha value is -1.31. The predicted octanol–water partition coefficient (Wildman–Crippen LogP) is 2.94. The third kappa shape index (κ3) is 3.14. The summed E-state index contributed by atoms with van der Waals surface area (Å²) in [7, 11) is -2.19. The van der Waals surface area contributed by atoms with Crippen LogP contribution in [0.1, 0.15) is 16.9 Å². The molecule has 0 radical (unpaired) electrons. The highest BCUT2D eigenvalue weighted by molar-refractivity contribution is 9.10. The number of hydrogen-bond donors (Lipinski definition) is 1. The van der Waals surface area contributed by atoms with Crippen LogP contribution in [0.2, 0.25) is 0 Å². The fourth-order valence-corrected chi connectivity index (χ4v) is 4.23. The lowest BCUT2D eigenvalue weighted by Gasteiger charge is -2.19. The summed E-state index contributed by atoms with van der Waals surface area (Å²) in [5.74, 6) is 0.411. The fourth-order valence-electron chi connectivity index (χ4n) is 2.09. The Labute approximate surface area is 132 Å². The Bertz CT molecular complexity index is 748. The summed E-state index contributed by atoms with van der Waals surface area (Å²) in [4.78, 5) is 0.0737. The molecule has 0 amide bonds. The van der Waals surface area contributed by atoms with Crippen LogP contribution in [-0.2, 0) is 16.6 Å². The Morgan fingerprint density at radius 3 is 2.24 bits per heavy atom. The zero-order chi connectivity index (χ0) is 15.8. The molecule has 2 N–H and O–H groups in total. The molecule has 0 unspecified atom stereocenters. The van der Waals surface area contributed by atoms with Crippen molar-refractivity contribution in [2.24, 2.45) is 5.73 Å². The largest absolute Gasteiger partial charge is 0.452 e. The molecule has 114 valence electrons. The van der Waals surface area contributed by atoms with Crippen LogP contribution in [0.15, 0.2) is 38.2 Å². The summed E-state index contributed by atoms with van der Waals surface area (Å²) in [6, 6.07) is 7.08. The first-order chi connectivity index (χ1) is 9.75. The molecule has 0 saturated carbocycles. The lowest BCUT2D eigenvalue weighted by Crippen LogP contribution is -2.26. The highest BCUT2D eigenvalue weighted by Gasteiger charge is 2.27. The van der Waals surface area contributed by atoms with Crippen LogP contribution in [0, 0.1) is 13.8 Å². The van der Waals surface area contributed by atoms with Gasteiger partial charge >= 0.3 is 0 Å². The van der Waals surface area contributed by atoms with Crippen LogP contribution in [0.4, 0.5) is 5.69 Å². The topological polar surface area (TPSA) is 76.5 Å². The highest BCUT2D eigenvalue weighted by atomic mass is 79.9. The second-order valence-corrected chi connectivity index (χ2v) is 7.53. The Morgan fingerprint density at radius 1 is 1.19 bits per heavy atom. The third-order valence-electron chi connectivity index (χ3n) is 3.12. The van der Waals surface area contributed by atoms with Crippen molar-refractivity contribution < 1.29 is 12.8 Å². The third-order valence-corrected chi connectivity index (χ3v) is 5.76. The predicted molar refractivity (Wildman–Crippen MR) is 85.8 cm³/mol. The van der Waals surface area contributed by atoms with E-state index in [2.05, 4.69) is 15.9 Å². The van der Waals surface area contributed by atoms with Gasteiger partial charge in [-0.3, -0.25) is 4.31 Å². The minimum absolute atomic E-state index is 0.0737. The van der Waals surface area contributed by atoms with Crippen molar-refractivity contribution in [1.29, 1.82) is 0 Å². The van der Waals surface area contributed by atoms with Crippen molar-refractivity contribution in [3.8, 4) is 0 Å². The fraction of sp³-hybridized carbons (Fsp3) is 0.286. The van der Waals surface area contributed by atoms with E-state index in [4.69, 9.17) is 10.2 Å². The van der Waals surface area contributed by atoms with Gasteiger partial charge in [0.05, 0.1) is 12.2 Å². The summed E-state index contributed by atoms with van der Waals surface area (Å²) in [5.41, 5.74) is 8.09. The number of nitrogens with zero attached hydrogens (tertiary/aromatic N) is 1. The molecule has 0 saturated heterocycles. The Balaban J connectivity index is 2.49. The number of sulfonamides is 1. The van der Waals surface area contributed by atoms with E-state index in [1.807, 2.05) is 32.0 Å². The van der Waals surface area contributed by atoms with Gasteiger partial charge in [-0.25, -0.2) is 8.42 Å². The van der Waals surface area contributed by atoms with Gasteiger partial charge in [-0.2, -0.15) is 0 Å². The molecule has 0 aliphatic carbocycles. The molecule has 1 aromatic carbocycles. The minimum atomic E-state index is -3.71. The van der Waals surface area contributed by atoms with Crippen LogP contribution in [0.5, 0.6) is 0 Å². The van der Waals surface area contributed by atoms with Gasteiger partial charge in [0.2, 0.25) is 0 Å². The number of furan rings is 1. The van der Waals surface area contributed by atoms with E-state index in [1.54, 1.807) is 0 Å². The van der Waals surface area contributed by atoms with E-state index < -0.39 is 10.0 Å². The first kappa shape index (κ1) is 16.1. The standard InChI is InChI=1S/C14H17BrN2O3S/c1-9-4-10(2)6-11(5-9)17(3)21(18,19)13-7-12(8-16)20-14(13)15/h4-7H,8,16H2,1-3H3. The lowest BCUT2D eigenvalue weighted by atomic mass is 10.1. The van der Waals surface area contributed by atoms with Crippen LogP contribution in [0.3, 0.4) is 0 Å². The molecular formula is C14H17BrN2O3S. The Kier molecular flexibility index (Phi) is 4.46. The lowest BCUT2D eigenvalue weighted by molar-refractivity contribution is 0.484. The molecule has 0 fully saturated rings. The van der Waals surface area contributed by atoms with Gasteiger partial charge in [0.1, 0.15) is 10.7 Å². The molecule has 1 heterocycles. The number of hydrogen-bond acceptors (Lipinski definition) is 4. The van der Waals surface area contributed by atoms with Gasteiger partial charge in [0, 0.05) is 13.1 Å². The van der Waals surface area contributed by atoms with Crippen molar-refractivity contribution in [2.75, 3.05) is 11.4 Å². The Morgan fingerprint density at radius 2 is 1.76 bits per heavy atom. The van der Waals surface area contributed by atoms with Crippen LogP contribution >= 0.6 is 15.9 Å². The molecule has 7 heteroatoms. The molecule has 0 aliphatic rings. The maximum Gasteiger partial charge on any atom is 0.268 e. The highest BCUT2D eigenvalue weighted by Crippen LogP contribution is 2.31. The summed E-state index contributed by atoms with van der Waals surface area (Å²) >= 11 is 3.14. The molecule has 0 bridgehead atoms. The van der Waals surface area contributed by atoms with E-state index in [1.165, 1.54) is 17.4 Å². The number of anilines is 1. The summed E-state index contributed by atoms with van der Waals surface area (Å²) in [6.45, 7) is 4.00.